The second-order valence-corrected chi connectivity index (χ2v) is 40.2. The summed E-state index contributed by atoms with van der Waals surface area (Å²) in [4.78, 5) is 4.40. The van der Waals surface area contributed by atoms with E-state index >= 15 is 0 Å². The Labute approximate surface area is 849 Å². The average Bonchev–Trinajstić information content (AvgIpc) is 1.56. The highest BCUT2D eigenvalue weighted by Crippen LogP contribution is 2.51. The molecule has 11 heterocycles. The third kappa shape index (κ3) is 17.1. The Balaban J connectivity index is 0.000000106. The van der Waals surface area contributed by atoms with Crippen molar-refractivity contribution in [3.05, 3.63) is 471 Å². The molecule has 0 saturated heterocycles. The van der Waals surface area contributed by atoms with Gasteiger partial charge < -0.3 is 0 Å². The first-order valence-corrected chi connectivity index (χ1v) is 50.5. The molecule has 25 rings (SSSR count). The van der Waals surface area contributed by atoms with Gasteiger partial charge in [-0.05, 0) is 286 Å². The topological polar surface area (TPSA) is 51.7 Å². The summed E-state index contributed by atoms with van der Waals surface area (Å²) in [7, 11) is 21.4. The van der Waals surface area contributed by atoms with Crippen LogP contribution in [0.25, 0.3) is 168 Å². The van der Waals surface area contributed by atoms with Crippen molar-refractivity contribution < 1.29 is 45.7 Å². The lowest BCUT2D eigenvalue weighted by Gasteiger charge is -2.16. The van der Waals surface area contributed by atoms with Gasteiger partial charge in [-0.25, -0.2) is 36.5 Å². The minimum Gasteiger partial charge on any atom is -0.264 e. The first-order chi connectivity index (χ1) is 69.8. The van der Waals surface area contributed by atoms with Crippen LogP contribution in [0.4, 0.5) is 0 Å². The third-order valence-corrected chi connectivity index (χ3v) is 31.1. The molecule has 11 nitrogen and oxygen atoms in total. The smallest absolute Gasteiger partial charge is 0.220 e. The molecule has 11 heteroatoms. The molecule has 144 heavy (non-hydrogen) atoms. The van der Waals surface area contributed by atoms with Crippen molar-refractivity contribution in [3.63, 3.8) is 0 Å². The van der Waals surface area contributed by atoms with E-state index in [1.807, 2.05) is 12.4 Å². The Morgan fingerprint density at radius 2 is 0.556 bits per heavy atom. The number of benzene rings is 9. The predicted octanol–water partition coefficient (Wildman–Crippen LogP) is 23.4. The highest BCUT2D eigenvalue weighted by Gasteiger charge is 2.38. The predicted molar refractivity (Wildman–Crippen MR) is 580 cm³/mol. The van der Waals surface area contributed by atoms with Gasteiger partial charge in [0.25, 0.3) is 0 Å². The number of aryl methyl sites for hydroxylation is 12. The molecular formula is C133H127N11+10. The third-order valence-electron chi connectivity index (χ3n) is 31.1. The van der Waals surface area contributed by atoms with E-state index in [4.69, 9.17) is 0 Å². The fourth-order valence-corrected chi connectivity index (χ4v) is 23.5. The second kappa shape index (κ2) is 38.9. The fraction of sp³-hybridized carbons (Fsp3) is 0.180. The summed E-state index contributed by atoms with van der Waals surface area (Å²) in [5.41, 5.74) is 65.3. The summed E-state index contributed by atoms with van der Waals surface area (Å²) in [5.74, 6) is 0. The van der Waals surface area contributed by atoms with E-state index in [2.05, 4.69) is 536 Å². The monoisotopic (exact) mass is 1880 g/mol. The molecular weight excluding hydrogens is 1750 g/mol. The highest BCUT2D eigenvalue weighted by molar-refractivity contribution is 5.96. The van der Waals surface area contributed by atoms with Gasteiger partial charge in [0.15, 0.2) is 61.0 Å². The molecule has 0 amide bonds. The molecule has 0 spiro atoms. The summed E-state index contributed by atoms with van der Waals surface area (Å²) < 4.78 is 22.5. The van der Waals surface area contributed by atoms with Crippen molar-refractivity contribution in [1.82, 2.24) is 4.98 Å². The second-order valence-electron chi connectivity index (χ2n) is 40.2. The molecule has 20 aromatic rings. The zero-order valence-corrected chi connectivity index (χ0v) is 86.6. The molecule has 0 radical (unpaired) electrons. The first-order valence-electron chi connectivity index (χ1n) is 50.5. The molecule has 0 bridgehead atoms. The number of fused-ring (bicyclic) bond motifs is 15. The molecule has 11 aromatic heterocycles. The molecule has 0 aliphatic heterocycles. The molecule has 0 N–H and O–H groups in total. The van der Waals surface area contributed by atoms with Crippen LogP contribution >= 0.6 is 0 Å². The Morgan fingerprint density at radius 3 is 1.04 bits per heavy atom. The normalized spacial score (nSPS) is 12.0. The van der Waals surface area contributed by atoms with E-state index in [0.29, 0.717) is 0 Å². The van der Waals surface area contributed by atoms with Gasteiger partial charge in [0, 0.05) is 170 Å². The zero-order chi connectivity index (χ0) is 99.7. The van der Waals surface area contributed by atoms with E-state index in [9.17, 15) is 0 Å². The van der Waals surface area contributed by atoms with Crippen LogP contribution in [0, 0.1) is 62.3 Å². The first kappa shape index (κ1) is 93.9. The van der Waals surface area contributed by atoms with E-state index < -0.39 is 0 Å². The number of rotatable bonds is 10. The maximum absolute atomic E-state index is 4.40. The quantitative estimate of drug-likeness (QED) is 0.126. The van der Waals surface area contributed by atoms with Gasteiger partial charge in [0.05, 0.1) is 44.5 Å². The lowest BCUT2D eigenvalue weighted by Crippen LogP contribution is -2.35. The largest absolute Gasteiger partial charge is 0.264 e. The van der Waals surface area contributed by atoms with E-state index in [-0.39, 0.29) is 0 Å². The van der Waals surface area contributed by atoms with Crippen molar-refractivity contribution in [3.8, 4) is 168 Å². The van der Waals surface area contributed by atoms with Gasteiger partial charge in [-0.2, -0.15) is 9.13 Å². The standard InChI is InChI=1S/C28H28N2.C27H27N3.3C26H24N2/c1-18-15-19(2)30(5)26(16-18)23-11-8-12-24(20(23)3)28-27-22(13-14-29(28)4)17-21-9-6-7-10-25(21)27;1-17-12-18(2)30(5)26(13-17)27-19(3)22(25-8-6-7-11-29(25)4)15-23-21-9-10-28-16-20(21)14-24(23)27;1-18-22(23-12-6-8-14-27(23)2)17-20-16-19-10-4-5-11-21(19)26(20)25(18)24-13-7-9-15-28(24)3;1-18-21(24-13-6-7-15-27(24)2)11-8-12-22(18)26-25-20(14-16-28(26)3)17-19-9-4-5-10-23(19)25;1-18-21(25-13-6-7-14-27(25)2)11-8-12-22(18)26-16-24-20(17-28(26)3)15-19-9-4-5-10-23(19)24/h6-16H,17H2,1-5H3;6-13,15-16H,14H2,1-5H3;4-15,17H,16H2,1-3H3;4-16H,17H2,1-3H3;4-14,16-17H,15H2,1-3H3/q5*+2. The lowest BCUT2D eigenvalue weighted by molar-refractivity contribution is -0.666. The molecule has 9 aromatic carbocycles. The van der Waals surface area contributed by atoms with Crippen molar-refractivity contribution in [2.24, 2.45) is 70.5 Å². The van der Waals surface area contributed by atoms with Gasteiger partial charge in [-0.15, -0.1) is 0 Å². The van der Waals surface area contributed by atoms with E-state index in [0.717, 1.165) is 32.1 Å². The Bertz CT molecular complexity index is 8600. The minimum absolute atomic E-state index is 0.933. The van der Waals surface area contributed by atoms with Crippen molar-refractivity contribution in [2.75, 3.05) is 0 Å². The Hall–Kier alpha value is -16.4. The molecule has 704 valence electrons. The van der Waals surface area contributed by atoms with Crippen LogP contribution in [0.2, 0.25) is 0 Å². The Morgan fingerprint density at radius 1 is 0.194 bits per heavy atom. The fourth-order valence-electron chi connectivity index (χ4n) is 23.5. The van der Waals surface area contributed by atoms with E-state index in [1.165, 1.54) is 274 Å². The highest BCUT2D eigenvalue weighted by atomic mass is 15.0. The van der Waals surface area contributed by atoms with Gasteiger partial charge in [0.2, 0.25) is 56.9 Å². The van der Waals surface area contributed by atoms with Crippen molar-refractivity contribution in [1.29, 1.82) is 0 Å². The van der Waals surface area contributed by atoms with Crippen molar-refractivity contribution in [2.45, 2.75) is 94.4 Å². The molecule has 0 fully saturated rings. The van der Waals surface area contributed by atoms with Crippen LogP contribution in [0.1, 0.15) is 106 Å². The van der Waals surface area contributed by atoms with Gasteiger partial charge in [-0.3, -0.25) is 4.98 Å². The van der Waals surface area contributed by atoms with Crippen LogP contribution in [0.3, 0.4) is 0 Å². The van der Waals surface area contributed by atoms with E-state index in [1.54, 1.807) is 0 Å². The number of aromatic nitrogens is 11. The summed E-state index contributed by atoms with van der Waals surface area (Å²) in [5, 5.41) is 0. The molecule has 5 aliphatic carbocycles. The van der Waals surface area contributed by atoms with Gasteiger partial charge >= 0.3 is 0 Å². The van der Waals surface area contributed by atoms with Gasteiger partial charge in [0.1, 0.15) is 70.5 Å². The van der Waals surface area contributed by atoms with Crippen LogP contribution in [-0.2, 0) is 103 Å². The van der Waals surface area contributed by atoms with Crippen LogP contribution < -0.4 is 45.7 Å². The maximum Gasteiger partial charge on any atom is 0.220 e. The summed E-state index contributed by atoms with van der Waals surface area (Å²) in [6.07, 6.45) is 26.2. The summed E-state index contributed by atoms with van der Waals surface area (Å²) >= 11 is 0. The average molecular weight is 1880 g/mol. The molecule has 0 unspecified atom stereocenters. The van der Waals surface area contributed by atoms with Crippen LogP contribution in [-0.4, -0.2) is 4.98 Å². The van der Waals surface area contributed by atoms with Gasteiger partial charge in [-0.1, -0.05) is 115 Å². The number of hydrogen-bond acceptors (Lipinski definition) is 1. The lowest BCUT2D eigenvalue weighted by atomic mass is 9.88. The molecule has 0 saturated carbocycles. The molecule has 5 aliphatic rings. The number of nitrogens with zero attached hydrogens (tertiary/aromatic N) is 11. The number of hydrogen-bond donors (Lipinski definition) is 0. The Kier molecular flexibility index (Phi) is 25.4. The minimum atomic E-state index is 0.933. The summed E-state index contributed by atoms with van der Waals surface area (Å²) in [6, 6.07) is 110. The van der Waals surface area contributed by atoms with Crippen molar-refractivity contribution >= 4 is 0 Å². The molecule has 0 atom stereocenters. The summed E-state index contributed by atoms with van der Waals surface area (Å²) in [6.45, 7) is 20.0. The number of pyridine rings is 11. The maximum atomic E-state index is 4.40. The van der Waals surface area contributed by atoms with Crippen LogP contribution in [0.15, 0.2) is 365 Å². The SMILES string of the molecule is Cc1c(-c2cccc[n+]2C)cc2c(c1-c1cccc[n+]1C)-c1ccccc1C2.Cc1c(-c2cccc[n+]2C)cccc1-c1c2c(cc[n+]1C)Cc1ccccc1-2.Cc1c(-c2cccc[n+]2C)cccc1-c1cc2c(c[n+]1C)Cc1ccccc1-2.Cc1cc(C)[n+](C)c(-c2c(C)c(-c3cccc[n+]3C)cc3c2Cc2cnccc2-3)c1.Cc1cc(C)[n+](C)c(-c2cccc(-c3c4c(cc[n+]3C)Cc3ccccc3-4)c2C)c1. The zero-order valence-electron chi connectivity index (χ0n) is 86.6. The van der Waals surface area contributed by atoms with Crippen LogP contribution in [0.5, 0.6) is 0 Å².